The van der Waals surface area contributed by atoms with Crippen molar-refractivity contribution in [2.45, 2.75) is 19.8 Å². The van der Waals surface area contributed by atoms with E-state index >= 15 is 0 Å². The maximum atomic E-state index is 13.0. The Morgan fingerprint density at radius 1 is 1.37 bits per heavy atom. The summed E-state index contributed by atoms with van der Waals surface area (Å²) in [4.78, 5) is 32.1. The van der Waals surface area contributed by atoms with Crippen molar-refractivity contribution in [3.8, 4) is 0 Å². The molecule has 1 fully saturated rings. The van der Waals surface area contributed by atoms with E-state index in [1.54, 1.807) is 35.4 Å². The second-order valence-electron chi connectivity index (χ2n) is 5.95. The van der Waals surface area contributed by atoms with Crippen LogP contribution in [0.2, 0.25) is 0 Å². The molecule has 3 heterocycles. The molecule has 1 amide bonds. The molecule has 0 aromatic carbocycles. The molecule has 1 aliphatic rings. The quantitative estimate of drug-likeness (QED) is 0.415. The van der Waals surface area contributed by atoms with Crippen molar-refractivity contribution in [1.82, 2.24) is 14.3 Å². The van der Waals surface area contributed by atoms with Crippen LogP contribution in [-0.4, -0.2) is 49.3 Å². The lowest BCUT2D eigenvalue weighted by atomic mass is 10.2. The lowest BCUT2D eigenvalue weighted by molar-refractivity contribution is -0.122. The second kappa shape index (κ2) is 8.64. The van der Waals surface area contributed by atoms with E-state index in [0.29, 0.717) is 45.8 Å². The van der Waals surface area contributed by atoms with Crippen LogP contribution in [0.25, 0.3) is 11.7 Å². The van der Waals surface area contributed by atoms with Crippen LogP contribution in [0.3, 0.4) is 0 Å². The van der Waals surface area contributed by atoms with E-state index < -0.39 is 0 Å². The van der Waals surface area contributed by atoms with Crippen LogP contribution in [0.15, 0.2) is 34.1 Å². The van der Waals surface area contributed by atoms with Gasteiger partial charge in [0.15, 0.2) is 0 Å². The van der Waals surface area contributed by atoms with Crippen molar-refractivity contribution in [2.24, 2.45) is 0 Å². The monoisotopic (exact) mass is 404 g/mol. The fraction of sp³-hybridized carbons (Fsp3) is 0.333. The van der Waals surface area contributed by atoms with Crippen molar-refractivity contribution < 1.29 is 9.90 Å². The molecule has 2 aromatic heterocycles. The highest BCUT2D eigenvalue weighted by atomic mass is 32.2. The molecule has 0 saturated carbocycles. The third-order valence-corrected chi connectivity index (χ3v) is 5.37. The Kier molecular flexibility index (Phi) is 6.25. The molecule has 1 saturated heterocycles. The van der Waals surface area contributed by atoms with Crippen molar-refractivity contribution in [2.75, 3.05) is 25.0 Å². The number of pyridine rings is 1. The van der Waals surface area contributed by atoms with Crippen LogP contribution >= 0.6 is 24.0 Å². The normalized spacial score (nSPS) is 15.9. The molecule has 0 radical (unpaired) electrons. The first-order chi connectivity index (χ1) is 13.1. The van der Waals surface area contributed by atoms with Crippen molar-refractivity contribution in [3.63, 3.8) is 0 Å². The summed E-state index contributed by atoms with van der Waals surface area (Å²) in [6.07, 6.45) is 4.52. The van der Waals surface area contributed by atoms with Crippen LogP contribution in [-0.2, 0) is 4.79 Å². The average Bonchev–Trinajstić information content (AvgIpc) is 2.93. The molecule has 2 N–H and O–H groups in total. The largest absolute Gasteiger partial charge is 0.396 e. The number of anilines is 1. The topological polar surface area (TPSA) is 86.9 Å². The van der Waals surface area contributed by atoms with Gasteiger partial charge in [0.25, 0.3) is 11.5 Å². The number of hydrogen-bond acceptors (Lipinski definition) is 7. The van der Waals surface area contributed by atoms with Gasteiger partial charge in [-0.2, -0.15) is 0 Å². The summed E-state index contributed by atoms with van der Waals surface area (Å²) in [7, 11) is 0. The minimum absolute atomic E-state index is 0.0323. The summed E-state index contributed by atoms with van der Waals surface area (Å²) in [5, 5.41) is 12.1. The zero-order valence-electron chi connectivity index (χ0n) is 14.8. The summed E-state index contributed by atoms with van der Waals surface area (Å²) >= 11 is 6.48. The predicted octanol–water partition coefficient (Wildman–Crippen LogP) is 2.10. The van der Waals surface area contributed by atoms with E-state index in [1.165, 1.54) is 16.2 Å². The van der Waals surface area contributed by atoms with E-state index in [9.17, 15) is 9.59 Å². The molecule has 0 atom stereocenters. The molecular weight excluding hydrogens is 384 g/mol. The molecule has 0 aliphatic carbocycles. The van der Waals surface area contributed by atoms with Crippen LogP contribution in [0, 0.1) is 0 Å². The third-order valence-electron chi connectivity index (χ3n) is 3.99. The average molecular weight is 405 g/mol. The second-order valence-corrected chi connectivity index (χ2v) is 7.62. The van der Waals surface area contributed by atoms with Crippen LogP contribution < -0.4 is 10.9 Å². The van der Waals surface area contributed by atoms with Gasteiger partial charge in [-0.15, -0.1) is 0 Å². The number of carbonyl (C=O) groups excluding carboxylic acids is 1. The van der Waals surface area contributed by atoms with Gasteiger partial charge in [0.05, 0.1) is 10.5 Å². The maximum Gasteiger partial charge on any atom is 0.267 e. The smallest absolute Gasteiger partial charge is 0.267 e. The molecule has 7 nitrogen and oxygen atoms in total. The van der Waals surface area contributed by atoms with E-state index in [1.807, 2.05) is 6.92 Å². The number of hydrogen-bond donors (Lipinski definition) is 2. The fourth-order valence-corrected chi connectivity index (χ4v) is 3.99. The SMILES string of the molecule is CCCN1C(=O)/C(=C\c2c(NCCCO)nc3ccccn3c2=O)SC1=S. The lowest BCUT2D eigenvalue weighted by Gasteiger charge is -2.12. The Labute approximate surface area is 166 Å². The molecule has 0 unspecified atom stereocenters. The minimum Gasteiger partial charge on any atom is -0.396 e. The minimum atomic E-state index is -0.271. The number of nitrogens with one attached hydrogen (secondary N) is 1. The number of thiocarbonyl (C=S) groups is 1. The van der Waals surface area contributed by atoms with Crippen LogP contribution in [0.5, 0.6) is 0 Å². The summed E-state index contributed by atoms with van der Waals surface area (Å²) < 4.78 is 1.94. The Hall–Kier alpha value is -2.23. The molecule has 2 aromatic rings. The van der Waals surface area contributed by atoms with Crippen LogP contribution in [0.4, 0.5) is 5.82 Å². The Bertz CT molecular complexity index is 971. The first-order valence-corrected chi connectivity index (χ1v) is 9.90. The molecule has 3 rings (SSSR count). The van der Waals surface area contributed by atoms with Gasteiger partial charge in [-0.25, -0.2) is 4.98 Å². The Balaban J connectivity index is 2.08. The zero-order valence-corrected chi connectivity index (χ0v) is 16.5. The zero-order chi connectivity index (χ0) is 19.4. The third kappa shape index (κ3) is 4.05. The molecule has 142 valence electrons. The molecule has 0 spiro atoms. The van der Waals surface area contributed by atoms with E-state index in [0.717, 1.165) is 6.42 Å². The number of nitrogens with zero attached hydrogens (tertiary/aromatic N) is 3. The number of rotatable bonds is 7. The van der Waals surface area contributed by atoms with Gasteiger partial charge in [0.1, 0.15) is 15.8 Å². The van der Waals surface area contributed by atoms with Gasteiger partial charge >= 0.3 is 0 Å². The fourth-order valence-electron chi connectivity index (χ4n) is 2.70. The first-order valence-electron chi connectivity index (χ1n) is 8.68. The van der Waals surface area contributed by atoms with Gasteiger partial charge in [-0.05, 0) is 31.1 Å². The maximum absolute atomic E-state index is 13.0. The number of fused-ring (bicyclic) bond motifs is 1. The highest BCUT2D eigenvalue weighted by molar-refractivity contribution is 8.26. The number of aliphatic hydroxyl groups excluding tert-OH is 1. The highest BCUT2D eigenvalue weighted by Gasteiger charge is 2.31. The Morgan fingerprint density at radius 3 is 2.93 bits per heavy atom. The number of thioether (sulfide) groups is 1. The summed E-state index contributed by atoms with van der Waals surface area (Å²) in [5.74, 6) is 0.200. The highest BCUT2D eigenvalue weighted by Crippen LogP contribution is 2.33. The van der Waals surface area contributed by atoms with E-state index in [2.05, 4.69) is 10.3 Å². The number of amides is 1. The Morgan fingerprint density at radius 2 is 2.19 bits per heavy atom. The van der Waals surface area contributed by atoms with Crippen molar-refractivity contribution in [1.29, 1.82) is 0 Å². The summed E-state index contributed by atoms with van der Waals surface area (Å²) in [5.41, 5.74) is 0.533. The van der Waals surface area contributed by atoms with Gasteiger partial charge in [-0.3, -0.25) is 18.9 Å². The molecule has 27 heavy (non-hydrogen) atoms. The summed E-state index contributed by atoms with van der Waals surface area (Å²) in [6, 6.07) is 5.29. The van der Waals surface area contributed by atoms with Crippen molar-refractivity contribution >= 4 is 51.7 Å². The predicted molar refractivity (Wildman–Crippen MR) is 112 cm³/mol. The van der Waals surface area contributed by atoms with E-state index in [4.69, 9.17) is 17.3 Å². The van der Waals surface area contributed by atoms with Gasteiger partial charge < -0.3 is 10.4 Å². The molecule has 1 aliphatic heterocycles. The van der Waals surface area contributed by atoms with Gasteiger partial charge in [-0.1, -0.05) is 37.0 Å². The van der Waals surface area contributed by atoms with Gasteiger partial charge in [0.2, 0.25) is 0 Å². The van der Waals surface area contributed by atoms with E-state index in [-0.39, 0.29) is 18.1 Å². The number of aromatic nitrogens is 2. The lowest BCUT2D eigenvalue weighted by Crippen LogP contribution is -2.28. The first kappa shape index (κ1) is 19.5. The number of aliphatic hydroxyl groups is 1. The summed E-state index contributed by atoms with van der Waals surface area (Å²) in [6.45, 7) is 3.03. The standard InChI is InChI=1S/C18H20N4O3S2/c1-2-8-22-17(25)13(27-18(22)26)11-12-15(19-7-5-10-23)20-14-6-3-4-9-21(14)16(12)24/h3-4,6,9,11,19,23H,2,5,7-8,10H2,1H3/b13-11+. The molecule has 9 heteroatoms. The molecule has 0 bridgehead atoms. The van der Waals surface area contributed by atoms with Crippen molar-refractivity contribution in [3.05, 3.63) is 45.2 Å². The van der Waals surface area contributed by atoms with Gasteiger partial charge in [0, 0.05) is 25.9 Å². The van der Waals surface area contributed by atoms with Crippen LogP contribution in [0.1, 0.15) is 25.3 Å². The number of carbonyl (C=O) groups is 1. The molecular formula is C18H20N4O3S2.